The quantitative estimate of drug-likeness (QED) is 0.145. The van der Waals surface area contributed by atoms with Gasteiger partial charge in [-0.15, -0.1) is 0 Å². The van der Waals surface area contributed by atoms with Crippen LogP contribution in [0.5, 0.6) is 11.5 Å². The molecule has 3 atom stereocenters. The number of pyridine rings is 2. The summed E-state index contributed by atoms with van der Waals surface area (Å²) < 4.78 is 18.3. The Morgan fingerprint density at radius 1 is 1.00 bits per heavy atom. The molecule has 51 heavy (non-hydrogen) atoms. The van der Waals surface area contributed by atoms with E-state index in [1.807, 2.05) is 26.0 Å². The number of nitrogens with zero attached hydrogens (tertiary/aromatic N) is 2. The lowest BCUT2D eigenvalue weighted by Gasteiger charge is -2.71. The number of ether oxygens (including phenoxy) is 3. The SMILES string of the molecule is CC[C@@]1(O)C(=O)OCc2c1cc1n(c2=O)Cc2c-1nc1cc3c(cc1c2C12CC(NC(=O)C(C)NC(=O)C(NC(=O)CBr)C(C)C)(C1)C2)OCO3. The van der Waals surface area contributed by atoms with Crippen LogP contribution in [0.2, 0.25) is 0 Å². The molecular formula is C36H38BrN5O9. The molecule has 0 radical (unpaired) electrons. The molecule has 0 saturated heterocycles. The number of esters is 1. The second-order valence-electron chi connectivity index (χ2n) is 14.9. The fourth-order valence-electron chi connectivity index (χ4n) is 8.75. The molecule has 2 unspecified atom stereocenters. The van der Waals surface area contributed by atoms with Crippen molar-refractivity contribution in [2.45, 2.75) is 95.2 Å². The van der Waals surface area contributed by atoms with E-state index in [2.05, 4.69) is 31.9 Å². The molecular weight excluding hydrogens is 726 g/mol. The first kappa shape index (κ1) is 33.6. The number of hydrogen-bond donors (Lipinski definition) is 4. The Bertz CT molecular complexity index is 2130. The summed E-state index contributed by atoms with van der Waals surface area (Å²) in [5, 5.41) is 20.9. The van der Waals surface area contributed by atoms with Crippen molar-refractivity contribution < 1.29 is 38.5 Å². The standard InChI is InChI=1S/C36H38BrN5O9/c1-5-36(48)21-7-23-29-19(10-42(23)32(46)20(21)11-49-33(36)47)27(18-6-24-25(51-15-50-24)8-22(18)39-29)34-12-35(13-34,14-34)41-30(44)17(4)38-31(45)28(16(2)3)40-26(43)9-37/h6-8,16-17,28,48H,5,9-15H2,1-4H3,(H,38,45)(H,40,43)(H,41,44)/t17?,28?,34?,35?,36-/m0/s1. The van der Waals surface area contributed by atoms with Crippen LogP contribution in [0.25, 0.3) is 22.3 Å². The number of benzene rings is 1. The van der Waals surface area contributed by atoms with E-state index in [1.165, 1.54) is 0 Å². The van der Waals surface area contributed by atoms with Gasteiger partial charge in [0.1, 0.15) is 18.7 Å². The molecule has 14 nitrogen and oxygen atoms in total. The number of amides is 3. The Hall–Kier alpha value is -4.50. The lowest BCUT2D eigenvalue weighted by Crippen LogP contribution is -2.77. The van der Waals surface area contributed by atoms with Gasteiger partial charge in [-0.2, -0.15) is 0 Å². The van der Waals surface area contributed by atoms with Crippen molar-refractivity contribution in [3.8, 4) is 22.9 Å². The van der Waals surface area contributed by atoms with E-state index in [9.17, 15) is 29.1 Å². The number of aromatic nitrogens is 2. The van der Waals surface area contributed by atoms with Crippen molar-refractivity contribution in [2.75, 3.05) is 12.1 Å². The van der Waals surface area contributed by atoms with Gasteiger partial charge in [0.25, 0.3) is 5.56 Å². The van der Waals surface area contributed by atoms with Crippen LogP contribution >= 0.6 is 15.9 Å². The monoisotopic (exact) mass is 763 g/mol. The molecule has 4 N–H and O–H groups in total. The molecule has 15 heteroatoms. The predicted molar refractivity (Wildman–Crippen MR) is 185 cm³/mol. The van der Waals surface area contributed by atoms with Gasteiger partial charge in [-0.25, -0.2) is 9.78 Å². The van der Waals surface area contributed by atoms with Crippen LogP contribution in [0.4, 0.5) is 0 Å². The summed E-state index contributed by atoms with van der Waals surface area (Å²) >= 11 is 3.10. The van der Waals surface area contributed by atoms with E-state index in [0.717, 1.165) is 16.5 Å². The molecule has 2 aromatic heterocycles. The molecule has 3 saturated carbocycles. The zero-order valence-corrected chi connectivity index (χ0v) is 30.2. The Balaban J connectivity index is 1.11. The van der Waals surface area contributed by atoms with Gasteiger partial charge < -0.3 is 39.8 Å². The highest BCUT2D eigenvalue weighted by molar-refractivity contribution is 9.09. The molecule has 0 spiro atoms. The minimum Gasteiger partial charge on any atom is -0.458 e. The first-order valence-electron chi connectivity index (χ1n) is 17.1. The average molecular weight is 765 g/mol. The Labute approximate surface area is 300 Å². The lowest BCUT2D eigenvalue weighted by atomic mass is 9.37. The van der Waals surface area contributed by atoms with Gasteiger partial charge in [-0.1, -0.05) is 36.7 Å². The molecule has 3 aromatic rings. The van der Waals surface area contributed by atoms with Gasteiger partial charge in [0.15, 0.2) is 17.1 Å². The molecule has 3 aliphatic carbocycles. The van der Waals surface area contributed by atoms with Crippen molar-refractivity contribution in [3.05, 3.63) is 50.8 Å². The molecule has 1 aromatic carbocycles. The lowest BCUT2D eigenvalue weighted by molar-refractivity contribution is -0.172. The largest absolute Gasteiger partial charge is 0.458 e. The zero-order chi connectivity index (χ0) is 36.2. The molecule has 6 aliphatic rings. The number of cyclic esters (lactones) is 1. The van der Waals surface area contributed by atoms with Crippen LogP contribution < -0.4 is 31.0 Å². The van der Waals surface area contributed by atoms with E-state index in [0.29, 0.717) is 47.7 Å². The molecule has 3 amide bonds. The number of hydrogen-bond acceptors (Lipinski definition) is 10. The number of carbonyl (C=O) groups is 4. The highest BCUT2D eigenvalue weighted by Gasteiger charge is 2.70. The second kappa shape index (κ2) is 11.5. The van der Waals surface area contributed by atoms with Gasteiger partial charge in [0.05, 0.1) is 34.3 Å². The summed E-state index contributed by atoms with van der Waals surface area (Å²) in [7, 11) is 0. The summed E-state index contributed by atoms with van der Waals surface area (Å²) in [6, 6.07) is 3.85. The summed E-state index contributed by atoms with van der Waals surface area (Å²) in [4.78, 5) is 70.1. The zero-order valence-electron chi connectivity index (χ0n) is 28.6. The number of aliphatic hydroxyl groups is 1. The van der Waals surface area contributed by atoms with Gasteiger partial charge >= 0.3 is 5.97 Å². The predicted octanol–water partition coefficient (Wildman–Crippen LogP) is 2.14. The smallest absolute Gasteiger partial charge is 0.343 e. The number of carbonyl (C=O) groups excluding carboxylic acids is 4. The third-order valence-electron chi connectivity index (χ3n) is 11.3. The van der Waals surface area contributed by atoms with Crippen molar-refractivity contribution in [1.29, 1.82) is 0 Å². The second-order valence-corrected chi connectivity index (χ2v) is 15.4. The summed E-state index contributed by atoms with van der Waals surface area (Å²) in [6.07, 6.45) is 1.96. The van der Waals surface area contributed by atoms with Crippen molar-refractivity contribution in [2.24, 2.45) is 5.92 Å². The maximum Gasteiger partial charge on any atom is 0.343 e. The van der Waals surface area contributed by atoms with Crippen LogP contribution in [0, 0.1) is 5.92 Å². The van der Waals surface area contributed by atoms with E-state index in [1.54, 1.807) is 24.5 Å². The molecule has 9 rings (SSSR count). The Morgan fingerprint density at radius 3 is 2.37 bits per heavy atom. The topological polar surface area (TPSA) is 187 Å². The first-order chi connectivity index (χ1) is 24.2. The van der Waals surface area contributed by atoms with Gasteiger partial charge in [0.2, 0.25) is 24.5 Å². The minimum atomic E-state index is -1.94. The molecule has 3 aliphatic heterocycles. The highest BCUT2D eigenvalue weighted by atomic mass is 79.9. The summed E-state index contributed by atoms with van der Waals surface area (Å²) in [5.41, 5.74) is 1.10. The van der Waals surface area contributed by atoms with Crippen LogP contribution in [0.15, 0.2) is 23.0 Å². The number of rotatable bonds is 9. The van der Waals surface area contributed by atoms with Crippen LogP contribution in [0.1, 0.15) is 75.6 Å². The molecule has 2 bridgehead atoms. The minimum absolute atomic E-state index is 0.0414. The van der Waals surface area contributed by atoms with Gasteiger partial charge in [-0.05, 0) is 56.2 Å². The van der Waals surface area contributed by atoms with Crippen molar-refractivity contribution in [1.82, 2.24) is 25.5 Å². The Morgan fingerprint density at radius 2 is 1.71 bits per heavy atom. The fourth-order valence-corrected chi connectivity index (χ4v) is 8.91. The maximum absolute atomic E-state index is 13.9. The van der Waals surface area contributed by atoms with Crippen molar-refractivity contribution in [3.63, 3.8) is 0 Å². The third kappa shape index (κ3) is 4.90. The van der Waals surface area contributed by atoms with E-state index >= 15 is 0 Å². The average Bonchev–Trinajstić information content (AvgIpc) is 3.68. The number of nitrogens with one attached hydrogen (secondary N) is 3. The normalized spacial score (nSPS) is 25.8. The van der Waals surface area contributed by atoms with Crippen molar-refractivity contribution >= 4 is 50.5 Å². The molecule has 268 valence electrons. The van der Waals surface area contributed by atoms with Crippen LogP contribution in [-0.4, -0.2) is 68.1 Å². The van der Waals surface area contributed by atoms with E-state index in [-0.39, 0.29) is 71.5 Å². The summed E-state index contributed by atoms with van der Waals surface area (Å²) in [6.45, 7) is 7.05. The van der Waals surface area contributed by atoms with Gasteiger partial charge in [0, 0.05) is 33.5 Å². The van der Waals surface area contributed by atoms with Gasteiger partial charge in [-0.3, -0.25) is 19.2 Å². The first-order valence-corrected chi connectivity index (χ1v) is 18.3. The maximum atomic E-state index is 13.9. The van der Waals surface area contributed by atoms with E-state index in [4.69, 9.17) is 19.2 Å². The number of fused-ring (bicyclic) bond motifs is 6. The van der Waals surface area contributed by atoms with E-state index < -0.39 is 35.1 Å². The number of alkyl halides is 1. The Kier molecular flexibility index (Phi) is 7.59. The van der Waals surface area contributed by atoms with Crippen LogP contribution in [-0.2, 0) is 48.1 Å². The summed E-state index contributed by atoms with van der Waals surface area (Å²) in [5.74, 6) is -0.869. The highest BCUT2D eigenvalue weighted by Crippen LogP contribution is 2.70. The third-order valence-corrected chi connectivity index (χ3v) is 11.8. The number of halogens is 1. The van der Waals surface area contributed by atoms with Crippen LogP contribution in [0.3, 0.4) is 0 Å². The molecule has 3 fully saturated rings. The fraction of sp³-hybridized carbons (Fsp3) is 0.500. The molecule has 5 heterocycles.